The molecule has 7 nitrogen and oxygen atoms in total. The summed E-state index contributed by atoms with van der Waals surface area (Å²) in [5.74, 6) is 1.38. The minimum absolute atomic E-state index is 0.194. The number of methoxy groups -OCH3 is 1. The van der Waals surface area contributed by atoms with Gasteiger partial charge in [-0.05, 0) is 48.0 Å². The van der Waals surface area contributed by atoms with Crippen LogP contribution in [-0.4, -0.2) is 35.5 Å². The first-order valence-electron chi connectivity index (χ1n) is 10.7. The highest BCUT2D eigenvalue weighted by Gasteiger charge is 2.08. The zero-order chi connectivity index (χ0) is 23.0. The summed E-state index contributed by atoms with van der Waals surface area (Å²) in [6.45, 7) is 1.34. The fraction of sp³-hybridized carbons (Fsp3) is 0.160. The summed E-state index contributed by atoms with van der Waals surface area (Å²) in [5.41, 5.74) is 2.81. The quantitative estimate of drug-likeness (QED) is 0.229. The van der Waals surface area contributed by atoms with Crippen LogP contribution in [0.15, 0.2) is 77.6 Å². The highest BCUT2D eigenvalue weighted by Crippen LogP contribution is 2.30. The Hall–Kier alpha value is -3.91. The molecule has 33 heavy (non-hydrogen) atoms. The molecular formula is C25H25N5O2S. The highest BCUT2D eigenvalue weighted by molar-refractivity contribution is 7.80. The second-order valence-corrected chi connectivity index (χ2v) is 7.80. The fourth-order valence-corrected chi connectivity index (χ4v) is 3.74. The number of thiocarbonyl (C=S) groups is 1. The lowest BCUT2D eigenvalue weighted by atomic mass is 10.0. The van der Waals surface area contributed by atoms with Gasteiger partial charge in [0, 0.05) is 18.5 Å². The molecular weight excluding hydrogens is 434 g/mol. The van der Waals surface area contributed by atoms with E-state index in [-0.39, 0.29) is 5.56 Å². The monoisotopic (exact) mass is 459 g/mol. The summed E-state index contributed by atoms with van der Waals surface area (Å²) in [6.07, 6.45) is 0.804. The molecule has 0 atom stereocenters. The average Bonchev–Trinajstić information content (AvgIpc) is 2.86. The molecule has 4 N–H and O–H groups in total. The van der Waals surface area contributed by atoms with Gasteiger partial charge >= 0.3 is 0 Å². The summed E-state index contributed by atoms with van der Waals surface area (Å²) in [7, 11) is 1.64. The molecule has 0 bridgehead atoms. The second kappa shape index (κ2) is 10.6. The fourth-order valence-electron chi connectivity index (χ4n) is 3.53. The van der Waals surface area contributed by atoms with Gasteiger partial charge in [0.05, 0.1) is 18.2 Å². The molecule has 0 fully saturated rings. The Morgan fingerprint density at radius 1 is 0.970 bits per heavy atom. The third kappa shape index (κ3) is 5.48. The Kier molecular flexibility index (Phi) is 7.16. The predicted octanol–water partition coefficient (Wildman–Crippen LogP) is 4.39. The SMILES string of the molecule is COc1ccc(-c2ccccc2)cc1NC(=S)NCCCNc1n[nH]c(=O)c2ccccc12. The maximum atomic E-state index is 11.9. The van der Waals surface area contributed by atoms with E-state index in [0.29, 0.717) is 29.4 Å². The first-order chi connectivity index (χ1) is 16.2. The second-order valence-electron chi connectivity index (χ2n) is 7.39. The van der Waals surface area contributed by atoms with Gasteiger partial charge in [0.15, 0.2) is 10.9 Å². The molecule has 3 aromatic carbocycles. The lowest BCUT2D eigenvalue weighted by Crippen LogP contribution is -2.30. The van der Waals surface area contributed by atoms with Crippen LogP contribution in [0.5, 0.6) is 5.75 Å². The Bertz CT molecular complexity index is 1310. The number of hydrogen-bond acceptors (Lipinski definition) is 5. The predicted molar refractivity (Wildman–Crippen MR) is 138 cm³/mol. The number of benzene rings is 3. The van der Waals surface area contributed by atoms with Gasteiger partial charge in [0.25, 0.3) is 5.56 Å². The highest BCUT2D eigenvalue weighted by atomic mass is 32.1. The van der Waals surface area contributed by atoms with Gasteiger partial charge in [-0.1, -0.05) is 54.6 Å². The molecule has 4 aromatic rings. The third-order valence-electron chi connectivity index (χ3n) is 5.18. The van der Waals surface area contributed by atoms with Gasteiger partial charge in [-0.2, -0.15) is 5.10 Å². The summed E-state index contributed by atoms with van der Waals surface area (Å²) < 4.78 is 5.48. The first kappa shape index (κ1) is 22.3. The van der Waals surface area contributed by atoms with Crippen molar-refractivity contribution in [3.8, 4) is 16.9 Å². The van der Waals surface area contributed by atoms with Gasteiger partial charge < -0.3 is 20.7 Å². The lowest BCUT2D eigenvalue weighted by Gasteiger charge is -2.15. The largest absolute Gasteiger partial charge is 0.495 e. The smallest absolute Gasteiger partial charge is 0.272 e. The number of rotatable bonds is 8. The Balaban J connectivity index is 1.30. The van der Waals surface area contributed by atoms with E-state index in [1.807, 2.05) is 54.6 Å². The van der Waals surface area contributed by atoms with E-state index < -0.39 is 0 Å². The van der Waals surface area contributed by atoms with Crippen LogP contribution >= 0.6 is 12.2 Å². The number of fused-ring (bicyclic) bond motifs is 1. The molecule has 0 radical (unpaired) electrons. The molecule has 0 aliphatic carbocycles. The number of nitrogens with one attached hydrogen (secondary N) is 4. The van der Waals surface area contributed by atoms with Crippen LogP contribution in [0, 0.1) is 0 Å². The normalized spacial score (nSPS) is 10.6. The van der Waals surface area contributed by atoms with Crippen LogP contribution in [0.4, 0.5) is 11.5 Å². The molecule has 0 saturated heterocycles. The first-order valence-corrected chi connectivity index (χ1v) is 11.1. The number of anilines is 2. The number of ether oxygens (including phenoxy) is 1. The van der Waals surface area contributed by atoms with Gasteiger partial charge in [-0.15, -0.1) is 0 Å². The van der Waals surface area contributed by atoms with E-state index in [1.165, 1.54) is 0 Å². The molecule has 0 unspecified atom stereocenters. The van der Waals surface area contributed by atoms with Crippen molar-refractivity contribution < 1.29 is 4.74 Å². The molecule has 0 spiro atoms. The maximum Gasteiger partial charge on any atom is 0.272 e. The molecule has 8 heteroatoms. The third-order valence-corrected chi connectivity index (χ3v) is 5.43. The summed E-state index contributed by atoms with van der Waals surface area (Å²) >= 11 is 5.47. The van der Waals surface area contributed by atoms with E-state index in [4.69, 9.17) is 17.0 Å². The number of aromatic nitrogens is 2. The molecule has 168 valence electrons. The Morgan fingerprint density at radius 2 is 1.73 bits per heavy atom. The molecule has 1 heterocycles. The minimum atomic E-state index is -0.194. The topological polar surface area (TPSA) is 91.1 Å². The van der Waals surface area contributed by atoms with Gasteiger partial charge in [-0.25, -0.2) is 5.10 Å². The zero-order valence-electron chi connectivity index (χ0n) is 18.2. The van der Waals surface area contributed by atoms with Crippen LogP contribution in [-0.2, 0) is 0 Å². The van der Waals surface area contributed by atoms with Crippen molar-refractivity contribution >= 4 is 39.6 Å². The molecule has 0 aliphatic rings. The van der Waals surface area contributed by atoms with Crippen LogP contribution in [0.1, 0.15) is 6.42 Å². The number of hydrogen-bond donors (Lipinski definition) is 4. The molecule has 0 saturated carbocycles. The van der Waals surface area contributed by atoms with Crippen LogP contribution in [0.25, 0.3) is 21.9 Å². The summed E-state index contributed by atoms with van der Waals surface area (Å²) in [4.78, 5) is 11.9. The summed E-state index contributed by atoms with van der Waals surface area (Å²) in [6, 6.07) is 23.5. The average molecular weight is 460 g/mol. The Morgan fingerprint density at radius 3 is 2.52 bits per heavy atom. The summed E-state index contributed by atoms with van der Waals surface area (Å²) in [5, 5.41) is 18.3. The van der Waals surface area contributed by atoms with Crippen molar-refractivity contribution in [3.05, 3.63) is 83.2 Å². The van der Waals surface area contributed by atoms with E-state index in [0.717, 1.165) is 34.4 Å². The molecule has 1 aromatic heterocycles. The molecule has 0 aliphatic heterocycles. The van der Waals surface area contributed by atoms with E-state index in [9.17, 15) is 4.79 Å². The van der Waals surface area contributed by atoms with Crippen LogP contribution < -0.4 is 26.2 Å². The zero-order valence-corrected chi connectivity index (χ0v) is 19.0. The number of H-pyrrole nitrogens is 1. The Labute approximate surface area is 197 Å². The molecule has 0 amide bonds. The van der Waals surface area contributed by atoms with Crippen molar-refractivity contribution in [2.45, 2.75) is 6.42 Å². The van der Waals surface area contributed by atoms with E-state index >= 15 is 0 Å². The minimum Gasteiger partial charge on any atom is -0.495 e. The van der Waals surface area contributed by atoms with E-state index in [2.05, 4.69) is 38.3 Å². The van der Waals surface area contributed by atoms with Crippen molar-refractivity contribution in [2.24, 2.45) is 0 Å². The maximum absolute atomic E-state index is 11.9. The van der Waals surface area contributed by atoms with Crippen molar-refractivity contribution in [2.75, 3.05) is 30.8 Å². The number of nitrogens with zero attached hydrogens (tertiary/aromatic N) is 1. The van der Waals surface area contributed by atoms with Crippen molar-refractivity contribution in [3.63, 3.8) is 0 Å². The van der Waals surface area contributed by atoms with Crippen molar-refractivity contribution in [1.29, 1.82) is 0 Å². The van der Waals surface area contributed by atoms with Crippen molar-refractivity contribution in [1.82, 2.24) is 15.5 Å². The van der Waals surface area contributed by atoms with Gasteiger partial charge in [-0.3, -0.25) is 4.79 Å². The van der Waals surface area contributed by atoms with Crippen LogP contribution in [0.3, 0.4) is 0 Å². The van der Waals surface area contributed by atoms with Crippen LogP contribution in [0.2, 0.25) is 0 Å². The van der Waals surface area contributed by atoms with Gasteiger partial charge in [0.1, 0.15) is 5.75 Å². The van der Waals surface area contributed by atoms with E-state index in [1.54, 1.807) is 13.2 Å². The lowest BCUT2D eigenvalue weighted by molar-refractivity contribution is 0.417. The standard InChI is InChI=1S/C25H25N5O2S/c1-32-22-13-12-18(17-8-3-2-4-9-17)16-21(22)28-25(33)27-15-7-14-26-23-19-10-5-6-11-20(19)24(31)30-29-23/h2-6,8-13,16H,7,14-15H2,1H3,(H,26,29)(H,30,31)(H2,27,28,33). The number of aromatic amines is 1. The molecule has 4 rings (SSSR count). The van der Waals surface area contributed by atoms with Gasteiger partial charge in [0.2, 0.25) is 0 Å².